The Balaban J connectivity index is 1.72. The van der Waals surface area contributed by atoms with Gasteiger partial charge in [-0.1, -0.05) is 48.5 Å². The predicted molar refractivity (Wildman–Crippen MR) is 87.9 cm³/mol. The number of nitrogens with two attached hydrogens (primary N) is 1. The third kappa shape index (κ3) is 2.99. The average molecular weight is 312 g/mol. The van der Waals surface area contributed by atoms with E-state index in [0.717, 1.165) is 0 Å². The van der Waals surface area contributed by atoms with Crippen LogP contribution in [0, 0.1) is 0 Å². The molecule has 0 bridgehead atoms. The van der Waals surface area contributed by atoms with Crippen LogP contribution in [0.2, 0.25) is 0 Å². The van der Waals surface area contributed by atoms with Crippen LogP contribution in [-0.4, -0.2) is 29.8 Å². The van der Waals surface area contributed by atoms with Gasteiger partial charge in [0, 0.05) is 5.92 Å². The Morgan fingerprint density at radius 3 is 2.22 bits per heavy atom. The topological polar surface area (TPSA) is 84.6 Å². The summed E-state index contributed by atoms with van der Waals surface area (Å²) in [6.07, 6.45) is 0. The van der Waals surface area contributed by atoms with Crippen molar-refractivity contribution < 1.29 is 14.7 Å². The number of aliphatic carboxylic acids is 1. The van der Waals surface area contributed by atoms with E-state index in [2.05, 4.69) is 29.7 Å². The maximum atomic E-state index is 10.9. The molecule has 2 aromatic carbocycles. The van der Waals surface area contributed by atoms with Gasteiger partial charge in [-0.25, -0.2) is 0 Å². The third-order valence-electron chi connectivity index (χ3n) is 4.31. The quantitative estimate of drug-likeness (QED) is 0.712. The van der Waals surface area contributed by atoms with Gasteiger partial charge in [0.05, 0.1) is 12.6 Å². The molecule has 4 N–H and O–H groups in total. The van der Waals surface area contributed by atoms with E-state index in [1.807, 2.05) is 24.3 Å². The Hall–Kier alpha value is -2.21. The number of rotatable bonds is 6. The summed E-state index contributed by atoms with van der Waals surface area (Å²) in [5.74, 6) is -0.923. The molecule has 0 heterocycles. The van der Waals surface area contributed by atoms with Gasteiger partial charge >= 0.3 is 5.97 Å². The zero-order valence-electron chi connectivity index (χ0n) is 12.9. The summed E-state index contributed by atoms with van der Waals surface area (Å²) in [4.78, 5) is 16.4. The molecule has 0 saturated carbocycles. The largest absolute Gasteiger partial charge is 0.480 e. The van der Waals surface area contributed by atoms with E-state index in [1.54, 1.807) is 6.92 Å². The second-order valence-corrected chi connectivity index (χ2v) is 5.81. The van der Waals surface area contributed by atoms with E-state index in [0.29, 0.717) is 6.61 Å². The summed E-state index contributed by atoms with van der Waals surface area (Å²) in [5.41, 5.74) is 13.2. The number of carboxylic acids is 1. The smallest absolute Gasteiger partial charge is 0.322 e. The van der Waals surface area contributed by atoms with Gasteiger partial charge in [-0.05, 0) is 29.2 Å². The van der Waals surface area contributed by atoms with Gasteiger partial charge < -0.3 is 15.7 Å². The second kappa shape index (κ2) is 6.50. The Morgan fingerprint density at radius 1 is 1.17 bits per heavy atom. The molecule has 0 aromatic heterocycles. The molecule has 0 amide bonds. The van der Waals surface area contributed by atoms with E-state index in [4.69, 9.17) is 15.7 Å². The van der Waals surface area contributed by atoms with Crippen molar-refractivity contribution in [3.63, 3.8) is 0 Å². The van der Waals surface area contributed by atoms with Gasteiger partial charge in [0.2, 0.25) is 0 Å². The highest BCUT2D eigenvalue weighted by molar-refractivity contribution is 5.78. The first-order valence-electron chi connectivity index (χ1n) is 7.63. The van der Waals surface area contributed by atoms with Crippen molar-refractivity contribution in [2.24, 2.45) is 5.73 Å². The van der Waals surface area contributed by atoms with E-state index in [-0.39, 0.29) is 5.92 Å². The number of fused-ring (bicyclic) bond motifs is 3. The fraction of sp³-hybridized carbons (Fsp3) is 0.278. The van der Waals surface area contributed by atoms with Gasteiger partial charge in [-0.15, -0.1) is 0 Å². The lowest BCUT2D eigenvalue weighted by Gasteiger charge is -2.20. The number of nitrogens with one attached hydrogen (secondary N) is 1. The summed E-state index contributed by atoms with van der Waals surface area (Å²) >= 11 is 0. The summed E-state index contributed by atoms with van der Waals surface area (Å²) in [6, 6.07) is 15.1. The number of hydroxylamine groups is 1. The van der Waals surface area contributed by atoms with Gasteiger partial charge in [-0.2, -0.15) is 5.48 Å². The normalized spacial score (nSPS) is 15.7. The molecule has 1 aliphatic rings. The summed E-state index contributed by atoms with van der Waals surface area (Å²) < 4.78 is 0. The lowest BCUT2D eigenvalue weighted by molar-refractivity contribution is -0.140. The van der Waals surface area contributed by atoms with Gasteiger partial charge in [0.15, 0.2) is 0 Å². The maximum Gasteiger partial charge on any atom is 0.322 e. The molecule has 0 aliphatic heterocycles. The summed E-state index contributed by atoms with van der Waals surface area (Å²) in [6.45, 7) is 2.11. The Labute approximate surface area is 135 Å². The number of hydrogen-bond acceptors (Lipinski definition) is 4. The summed E-state index contributed by atoms with van der Waals surface area (Å²) in [7, 11) is 0. The molecule has 0 fully saturated rings. The van der Waals surface area contributed by atoms with Gasteiger partial charge in [0.25, 0.3) is 0 Å². The lowest BCUT2D eigenvalue weighted by atomic mass is 9.98. The van der Waals surface area contributed by atoms with Crippen molar-refractivity contribution in [2.45, 2.75) is 24.9 Å². The first kappa shape index (κ1) is 15.7. The van der Waals surface area contributed by atoms with Gasteiger partial charge in [-0.3, -0.25) is 4.79 Å². The molecule has 0 spiro atoms. The van der Waals surface area contributed by atoms with Crippen LogP contribution in [0.5, 0.6) is 0 Å². The monoisotopic (exact) mass is 312 g/mol. The predicted octanol–water partition coefficient (Wildman–Crippen LogP) is 2.12. The molecule has 0 unspecified atom stereocenters. The molecule has 2 atom stereocenters. The van der Waals surface area contributed by atoms with Crippen LogP contribution in [0.4, 0.5) is 0 Å². The fourth-order valence-corrected chi connectivity index (χ4v) is 2.99. The van der Waals surface area contributed by atoms with Crippen molar-refractivity contribution in [1.82, 2.24) is 5.48 Å². The van der Waals surface area contributed by atoms with Crippen LogP contribution >= 0.6 is 0 Å². The number of hydrogen-bond donors (Lipinski definition) is 3. The SMILES string of the molecule is C[C@@H](NOCC1c2ccccc2-c2ccccc21)[C@H](N)C(=O)O. The van der Waals surface area contributed by atoms with E-state index < -0.39 is 18.1 Å². The van der Waals surface area contributed by atoms with Crippen LogP contribution in [0.25, 0.3) is 11.1 Å². The zero-order chi connectivity index (χ0) is 16.4. The van der Waals surface area contributed by atoms with E-state index in [1.165, 1.54) is 22.3 Å². The molecular formula is C18H20N2O3. The molecule has 5 heteroatoms. The number of carboxylic acid groups (broad SMARTS) is 1. The minimum atomic E-state index is -1.05. The molecular weight excluding hydrogens is 292 g/mol. The molecule has 23 heavy (non-hydrogen) atoms. The van der Waals surface area contributed by atoms with Crippen LogP contribution in [0.1, 0.15) is 24.0 Å². The van der Waals surface area contributed by atoms with Crippen molar-refractivity contribution >= 4 is 5.97 Å². The lowest BCUT2D eigenvalue weighted by Crippen LogP contribution is -2.48. The highest BCUT2D eigenvalue weighted by atomic mass is 16.6. The average Bonchev–Trinajstić information content (AvgIpc) is 2.88. The zero-order valence-corrected chi connectivity index (χ0v) is 12.9. The van der Waals surface area contributed by atoms with Crippen LogP contribution in [0.3, 0.4) is 0 Å². The maximum absolute atomic E-state index is 10.9. The molecule has 2 aromatic rings. The first-order valence-corrected chi connectivity index (χ1v) is 7.63. The van der Waals surface area contributed by atoms with Crippen LogP contribution in [0.15, 0.2) is 48.5 Å². The van der Waals surface area contributed by atoms with Crippen molar-refractivity contribution in [2.75, 3.05) is 6.61 Å². The van der Waals surface area contributed by atoms with E-state index in [9.17, 15) is 4.79 Å². The molecule has 1 aliphatic carbocycles. The van der Waals surface area contributed by atoms with Crippen molar-refractivity contribution in [3.8, 4) is 11.1 Å². The highest BCUT2D eigenvalue weighted by Gasteiger charge is 2.28. The van der Waals surface area contributed by atoms with Crippen molar-refractivity contribution in [3.05, 3.63) is 59.7 Å². The summed E-state index contributed by atoms with van der Waals surface area (Å²) in [5, 5.41) is 8.90. The highest BCUT2D eigenvalue weighted by Crippen LogP contribution is 2.44. The van der Waals surface area contributed by atoms with Crippen LogP contribution in [-0.2, 0) is 9.63 Å². The number of benzene rings is 2. The molecule has 3 rings (SSSR count). The fourth-order valence-electron chi connectivity index (χ4n) is 2.99. The molecule has 0 radical (unpaired) electrons. The Kier molecular flexibility index (Phi) is 4.43. The molecule has 5 nitrogen and oxygen atoms in total. The van der Waals surface area contributed by atoms with Gasteiger partial charge in [0.1, 0.15) is 6.04 Å². The molecule has 0 saturated heterocycles. The van der Waals surface area contributed by atoms with E-state index >= 15 is 0 Å². The Bertz CT molecular complexity index is 671. The first-order chi connectivity index (χ1) is 11.1. The van der Waals surface area contributed by atoms with Crippen molar-refractivity contribution in [1.29, 1.82) is 0 Å². The van der Waals surface area contributed by atoms with Crippen LogP contribution < -0.4 is 11.2 Å². The molecule has 120 valence electrons. The Morgan fingerprint density at radius 2 is 1.70 bits per heavy atom. The number of carbonyl (C=O) groups is 1. The third-order valence-corrected chi connectivity index (χ3v) is 4.31. The minimum absolute atomic E-state index is 0.128. The standard InChI is InChI=1S/C18H20N2O3/c1-11(17(19)18(21)22)20-23-10-16-14-8-4-2-6-12(14)13-7-3-5-9-15(13)16/h2-9,11,16-17,20H,10,19H2,1H3,(H,21,22)/t11-,17+/m1/s1. The minimum Gasteiger partial charge on any atom is -0.480 e. The second-order valence-electron chi connectivity index (χ2n) is 5.81.